The Morgan fingerprint density at radius 3 is 2.53 bits per heavy atom. The molecule has 1 aromatic heterocycles. The van der Waals surface area contributed by atoms with Crippen LogP contribution in [0.4, 0.5) is 0 Å². The van der Waals surface area contributed by atoms with Gasteiger partial charge in [0.05, 0.1) is 12.8 Å². The van der Waals surface area contributed by atoms with E-state index in [0.717, 1.165) is 11.1 Å². The van der Waals surface area contributed by atoms with Gasteiger partial charge in [0.1, 0.15) is 0 Å². The minimum atomic E-state index is -0.447. The number of carbonyl (C=O) groups excluding carboxylic acids is 2. The molecule has 0 aliphatic carbocycles. The molecule has 0 radical (unpaired) electrons. The number of carbonyl (C=O) groups is 2. The number of cyclic esters (lactones) is 2. The van der Waals surface area contributed by atoms with E-state index in [1.165, 1.54) is 0 Å². The Balaban J connectivity index is 2.23. The van der Waals surface area contributed by atoms with Crippen molar-refractivity contribution in [3.63, 3.8) is 0 Å². The normalized spacial score (nSPS) is 17.7. The van der Waals surface area contributed by atoms with Gasteiger partial charge in [0.15, 0.2) is 0 Å². The van der Waals surface area contributed by atoms with Crippen LogP contribution in [-0.2, 0) is 14.3 Å². The lowest BCUT2D eigenvalue weighted by Crippen LogP contribution is -2.24. The summed E-state index contributed by atoms with van der Waals surface area (Å²) in [5.41, 5.74) is 1.96. The zero-order valence-corrected chi connectivity index (χ0v) is 8.40. The van der Waals surface area contributed by atoms with Gasteiger partial charge < -0.3 is 4.74 Å². The maximum Gasteiger partial charge on any atom is 0.314 e. The van der Waals surface area contributed by atoms with Crippen LogP contribution in [-0.4, -0.2) is 16.9 Å². The molecule has 0 unspecified atom stereocenters. The average Bonchev–Trinajstić information content (AvgIpc) is 2.16. The average molecular weight is 205 g/mol. The van der Waals surface area contributed by atoms with Crippen molar-refractivity contribution in [2.75, 3.05) is 0 Å². The SMILES string of the molecule is Cc1cncc(C2CC(=O)OC(=O)C2)c1. The van der Waals surface area contributed by atoms with E-state index in [1.807, 2.05) is 13.0 Å². The molecule has 1 aliphatic rings. The van der Waals surface area contributed by atoms with E-state index in [1.54, 1.807) is 12.4 Å². The summed E-state index contributed by atoms with van der Waals surface area (Å²) in [7, 11) is 0. The van der Waals surface area contributed by atoms with E-state index in [2.05, 4.69) is 9.72 Å². The summed E-state index contributed by atoms with van der Waals surface area (Å²) in [4.78, 5) is 26.2. The molecule has 4 nitrogen and oxygen atoms in total. The lowest BCUT2D eigenvalue weighted by Gasteiger charge is -2.19. The Morgan fingerprint density at radius 2 is 1.93 bits per heavy atom. The van der Waals surface area contributed by atoms with Gasteiger partial charge in [-0.15, -0.1) is 0 Å². The molecule has 4 heteroatoms. The van der Waals surface area contributed by atoms with Crippen LogP contribution in [0.5, 0.6) is 0 Å². The molecule has 1 aromatic rings. The molecule has 78 valence electrons. The molecular weight excluding hydrogens is 194 g/mol. The van der Waals surface area contributed by atoms with Crippen molar-refractivity contribution in [3.05, 3.63) is 29.6 Å². The molecule has 2 rings (SSSR count). The van der Waals surface area contributed by atoms with Crippen LogP contribution in [0.1, 0.15) is 29.9 Å². The summed E-state index contributed by atoms with van der Waals surface area (Å²) in [6.45, 7) is 1.93. The van der Waals surface area contributed by atoms with E-state index < -0.39 is 11.9 Å². The largest absolute Gasteiger partial charge is 0.393 e. The van der Waals surface area contributed by atoms with Crippen molar-refractivity contribution >= 4 is 11.9 Å². The third-order valence-electron chi connectivity index (χ3n) is 2.42. The lowest BCUT2D eigenvalue weighted by molar-refractivity contribution is -0.163. The molecule has 1 saturated heterocycles. The molecule has 0 spiro atoms. The van der Waals surface area contributed by atoms with Crippen molar-refractivity contribution < 1.29 is 14.3 Å². The minimum Gasteiger partial charge on any atom is -0.393 e. The standard InChI is InChI=1S/C11H11NO3/c1-7-2-9(6-12-5-7)8-3-10(13)15-11(14)4-8/h2,5-6,8H,3-4H2,1H3. The van der Waals surface area contributed by atoms with Crippen LogP contribution < -0.4 is 0 Å². The minimum absolute atomic E-state index is 0.0776. The molecule has 2 heterocycles. The Labute approximate surface area is 87.3 Å². The molecule has 0 N–H and O–H groups in total. The number of aromatic nitrogens is 1. The fourth-order valence-electron chi connectivity index (χ4n) is 1.72. The molecule has 0 aromatic carbocycles. The van der Waals surface area contributed by atoms with Crippen LogP contribution in [0.2, 0.25) is 0 Å². The van der Waals surface area contributed by atoms with Crippen molar-refractivity contribution in [1.29, 1.82) is 0 Å². The lowest BCUT2D eigenvalue weighted by atomic mass is 9.92. The highest BCUT2D eigenvalue weighted by molar-refractivity contribution is 5.89. The van der Waals surface area contributed by atoms with Gasteiger partial charge in [0.2, 0.25) is 0 Å². The van der Waals surface area contributed by atoms with Crippen LogP contribution in [0.3, 0.4) is 0 Å². The molecule has 1 fully saturated rings. The maximum absolute atomic E-state index is 11.1. The number of aryl methyl sites for hydroxylation is 1. The first-order chi connectivity index (χ1) is 7.15. The predicted molar refractivity (Wildman–Crippen MR) is 52.0 cm³/mol. The topological polar surface area (TPSA) is 56.3 Å². The Hall–Kier alpha value is -1.71. The summed E-state index contributed by atoms with van der Waals surface area (Å²) in [6, 6.07) is 1.95. The number of ether oxygens (including phenoxy) is 1. The number of hydrogen-bond donors (Lipinski definition) is 0. The third kappa shape index (κ3) is 2.21. The molecule has 0 bridgehead atoms. The molecule has 1 aliphatic heterocycles. The quantitative estimate of drug-likeness (QED) is 0.512. The number of nitrogens with zero attached hydrogens (tertiary/aromatic N) is 1. The smallest absolute Gasteiger partial charge is 0.314 e. The number of esters is 2. The van der Waals surface area contributed by atoms with Gasteiger partial charge in [-0.1, -0.05) is 6.07 Å². The Bertz CT molecular complexity index is 398. The molecular formula is C11H11NO3. The second kappa shape index (κ2) is 3.81. The van der Waals surface area contributed by atoms with E-state index in [0.29, 0.717) is 0 Å². The first kappa shape index (κ1) is 9.83. The van der Waals surface area contributed by atoms with E-state index in [9.17, 15) is 9.59 Å². The Kier molecular flexibility index (Phi) is 2.49. The zero-order chi connectivity index (χ0) is 10.8. The predicted octanol–water partition coefficient (Wildman–Crippen LogP) is 1.34. The van der Waals surface area contributed by atoms with Gasteiger partial charge in [0.25, 0.3) is 0 Å². The van der Waals surface area contributed by atoms with Crippen molar-refractivity contribution in [2.45, 2.75) is 25.7 Å². The van der Waals surface area contributed by atoms with E-state index >= 15 is 0 Å². The Morgan fingerprint density at radius 1 is 1.27 bits per heavy atom. The monoisotopic (exact) mass is 205 g/mol. The highest BCUT2D eigenvalue weighted by Crippen LogP contribution is 2.27. The summed E-state index contributed by atoms with van der Waals surface area (Å²) < 4.78 is 4.47. The van der Waals surface area contributed by atoms with Crippen LogP contribution in [0.25, 0.3) is 0 Å². The fraction of sp³-hybridized carbons (Fsp3) is 0.364. The van der Waals surface area contributed by atoms with Gasteiger partial charge in [-0.05, 0) is 18.1 Å². The highest BCUT2D eigenvalue weighted by Gasteiger charge is 2.28. The van der Waals surface area contributed by atoms with E-state index in [-0.39, 0.29) is 18.8 Å². The first-order valence-corrected chi connectivity index (χ1v) is 4.80. The van der Waals surface area contributed by atoms with Crippen LogP contribution >= 0.6 is 0 Å². The van der Waals surface area contributed by atoms with Crippen molar-refractivity contribution in [1.82, 2.24) is 4.98 Å². The number of rotatable bonds is 1. The molecule has 0 atom stereocenters. The number of hydrogen-bond acceptors (Lipinski definition) is 4. The molecule has 0 amide bonds. The van der Waals surface area contributed by atoms with Gasteiger partial charge in [-0.3, -0.25) is 14.6 Å². The van der Waals surface area contributed by atoms with Gasteiger partial charge >= 0.3 is 11.9 Å². The maximum atomic E-state index is 11.1. The fourth-order valence-corrected chi connectivity index (χ4v) is 1.72. The first-order valence-electron chi connectivity index (χ1n) is 4.80. The summed E-state index contributed by atoms with van der Waals surface area (Å²) in [6.07, 6.45) is 3.96. The highest BCUT2D eigenvalue weighted by atomic mass is 16.6. The second-order valence-corrected chi connectivity index (χ2v) is 3.75. The second-order valence-electron chi connectivity index (χ2n) is 3.75. The van der Waals surface area contributed by atoms with Gasteiger partial charge in [0, 0.05) is 18.3 Å². The number of pyridine rings is 1. The molecule has 15 heavy (non-hydrogen) atoms. The molecule has 0 saturated carbocycles. The summed E-state index contributed by atoms with van der Waals surface area (Å²) >= 11 is 0. The van der Waals surface area contributed by atoms with Gasteiger partial charge in [-0.2, -0.15) is 0 Å². The van der Waals surface area contributed by atoms with Crippen LogP contribution in [0.15, 0.2) is 18.5 Å². The zero-order valence-electron chi connectivity index (χ0n) is 8.40. The van der Waals surface area contributed by atoms with Crippen molar-refractivity contribution in [2.24, 2.45) is 0 Å². The third-order valence-corrected chi connectivity index (χ3v) is 2.42. The van der Waals surface area contributed by atoms with Crippen LogP contribution in [0, 0.1) is 6.92 Å². The summed E-state index contributed by atoms with van der Waals surface area (Å²) in [5.74, 6) is -0.971. The van der Waals surface area contributed by atoms with E-state index in [4.69, 9.17) is 0 Å². The summed E-state index contributed by atoms with van der Waals surface area (Å²) in [5, 5.41) is 0. The van der Waals surface area contributed by atoms with Crippen molar-refractivity contribution in [3.8, 4) is 0 Å². The van der Waals surface area contributed by atoms with Gasteiger partial charge in [-0.25, -0.2) is 0 Å².